The van der Waals surface area contributed by atoms with Gasteiger partial charge in [-0.3, -0.25) is 14.5 Å². The summed E-state index contributed by atoms with van der Waals surface area (Å²) >= 11 is 0. The van der Waals surface area contributed by atoms with Gasteiger partial charge in [0, 0.05) is 60.1 Å². The van der Waals surface area contributed by atoms with E-state index in [1.165, 1.54) is 0 Å². The lowest BCUT2D eigenvalue weighted by atomic mass is 10.2. The Bertz CT molecular complexity index is 1060. The molecule has 4 aromatic heterocycles. The zero-order valence-electron chi connectivity index (χ0n) is 13.8. The van der Waals surface area contributed by atoms with Gasteiger partial charge in [-0.1, -0.05) is 0 Å². The number of rotatable bonds is 3. The van der Waals surface area contributed by atoms with Crippen LogP contribution in [0.5, 0.6) is 0 Å². The van der Waals surface area contributed by atoms with E-state index in [-0.39, 0.29) is 5.91 Å². The van der Waals surface area contributed by atoms with E-state index >= 15 is 0 Å². The fraction of sp³-hybridized carbons (Fsp3) is 0.111. The second-order valence-corrected chi connectivity index (χ2v) is 5.86. The van der Waals surface area contributed by atoms with E-state index in [1.54, 1.807) is 36.5 Å². The molecule has 1 amide bonds. The fourth-order valence-corrected chi connectivity index (χ4v) is 2.79. The van der Waals surface area contributed by atoms with Crippen molar-refractivity contribution >= 4 is 22.6 Å². The lowest BCUT2D eigenvalue weighted by Crippen LogP contribution is -2.15. The number of nitrogens with zero attached hydrogens (tertiary/aromatic N) is 4. The Kier molecular flexibility index (Phi) is 3.53. The van der Waals surface area contributed by atoms with E-state index in [0.29, 0.717) is 11.5 Å². The van der Waals surface area contributed by atoms with Gasteiger partial charge in [-0.15, -0.1) is 0 Å². The summed E-state index contributed by atoms with van der Waals surface area (Å²) in [6.45, 7) is 1.85. The number of aromatic amines is 1. The summed E-state index contributed by atoms with van der Waals surface area (Å²) in [6, 6.07) is 7.71. The van der Waals surface area contributed by atoms with Crippen LogP contribution in [-0.4, -0.2) is 30.6 Å². The molecule has 4 aromatic rings. The Balaban J connectivity index is 1.63. The molecule has 7 heteroatoms. The minimum absolute atomic E-state index is 0.272. The van der Waals surface area contributed by atoms with Crippen LogP contribution in [0.15, 0.2) is 49.1 Å². The van der Waals surface area contributed by atoms with Crippen LogP contribution in [0.1, 0.15) is 16.1 Å². The summed E-state index contributed by atoms with van der Waals surface area (Å²) in [5, 5.41) is 7.94. The largest absolute Gasteiger partial charge is 0.354 e. The van der Waals surface area contributed by atoms with Crippen LogP contribution < -0.4 is 5.32 Å². The molecule has 0 spiro atoms. The molecule has 0 fully saturated rings. The number of pyridine rings is 2. The Morgan fingerprint density at radius 1 is 1.24 bits per heavy atom. The average Bonchev–Trinajstić information content (AvgIpc) is 3.18. The van der Waals surface area contributed by atoms with Crippen molar-refractivity contribution in [2.45, 2.75) is 6.92 Å². The Labute approximate surface area is 143 Å². The van der Waals surface area contributed by atoms with E-state index in [2.05, 4.69) is 25.4 Å². The highest BCUT2D eigenvalue weighted by molar-refractivity contribution is 6.04. The van der Waals surface area contributed by atoms with Gasteiger partial charge in [0.25, 0.3) is 5.91 Å². The maximum absolute atomic E-state index is 12.4. The van der Waals surface area contributed by atoms with Crippen LogP contribution in [0.25, 0.3) is 22.2 Å². The number of fused-ring (bicyclic) bond motifs is 1. The first-order chi connectivity index (χ1) is 12.1. The molecule has 7 nitrogen and oxygen atoms in total. The lowest BCUT2D eigenvalue weighted by Gasteiger charge is -2.03. The summed E-state index contributed by atoms with van der Waals surface area (Å²) in [5.74, 6) is 0.205. The Morgan fingerprint density at radius 2 is 2.04 bits per heavy atom. The fourth-order valence-electron chi connectivity index (χ4n) is 2.79. The molecule has 0 aliphatic heterocycles. The minimum atomic E-state index is -0.272. The first-order valence-corrected chi connectivity index (χ1v) is 7.81. The Hall–Kier alpha value is -3.48. The van der Waals surface area contributed by atoms with Crippen molar-refractivity contribution < 1.29 is 4.79 Å². The number of aromatic nitrogens is 5. The van der Waals surface area contributed by atoms with Gasteiger partial charge in [0.15, 0.2) is 5.69 Å². The van der Waals surface area contributed by atoms with Gasteiger partial charge in [-0.25, -0.2) is 4.98 Å². The smallest absolute Gasteiger partial charge is 0.277 e. The second kappa shape index (κ2) is 5.86. The van der Waals surface area contributed by atoms with Crippen LogP contribution in [-0.2, 0) is 7.05 Å². The first-order valence-electron chi connectivity index (χ1n) is 7.81. The summed E-state index contributed by atoms with van der Waals surface area (Å²) in [4.78, 5) is 24.1. The molecule has 0 aliphatic rings. The van der Waals surface area contributed by atoms with Gasteiger partial charge < -0.3 is 10.3 Å². The number of H-pyrrole nitrogens is 1. The molecule has 0 aliphatic carbocycles. The maximum atomic E-state index is 12.4. The standard InChI is InChI=1S/C18H16N6O/c1-11-10-24(2)23-17(11)18(25)22-16-8-15-13(9-20-16)7-14(21-15)12-3-5-19-6-4-12/h3-10,21H,1-2H3,(H,20,22,25). The van der Waals surface area contributed by atoms with Crippen LogP contribution in [0.3, 0.4) is 0 Å². The van der Waals surface area contributed by atoms with Crippen LogP contribution >= 0.6 is 0 Å². The molecule has 0 aromatic carbocycles. The van der Waals surface area contributed by atoms with Crippen molar-refractivity contribution in [3.8, 4) is 11.3 Å². The Morgan fingerprint density at radius 3 is 2.76 bits per heavy atom. The van der Waals surface area contributed by atoms with E-state index in [1.807, 2.05) is 31.2 Å². The number of hydrogen-bond donors (Lipinski definition) is 2. The molecule has 0 atom stereocenters. The van der Waals surface area contributed by atoms with Crippen molar-refractivity contribution in [3.63, 3.8) is 0 Å². The normalized spacial score (nSPS) is 11.0. The van der Waals surface area contributed by atoms with Crippen molar-refractivity contribution in [2.75, 3.05) is 5.32 Å². The van der Waals surface area contributed by atoms with Gasteiger partial charge >= 0.3 is 0 Å². The van der Waals surface area contributed by atoms with Gasteiger partial charge in [-0.2, -0.15) is 5.10 Å². The molecule has 0 unspecified atom stereocenters. The summed E-state index contributed by atoms with van der Waals surface area (Å²) < 4.78 is 1.62. The molecule has 4 heterocycles. The second-order valence-electron chi connectivity index (χ2n) is 5.86. The van der Waals surface area contributed by atoms with Crippen molar-refractivity contribution in [1.29, 1.82) is 0 Å². The van der Waals surface area contributed by atoms with Crippen molar-refractivity contribution in [1.82, 2.24) is 24.7 Å². The number of carbonyl (C=O) groups is 1. The molecule has 124 valence electrons. The highest BCUT2D eigenvalue weighted by atomic mass is 16.2. The molecule has 0 bridgehead atoms. The zero-order valence-corrected chi connectivity index (χ0v) is 13.8. The number of anilines is 1. The van der Waals surface area contributed by atoms with Crippen LogP contribution in [0.4, 0.5) is 5.82 Å². The van der Waals surface area contributed by atoms with E-state index in [9.17, 15) is 4.79 Å². The molecule has 0 saturated heterocycles. The van der Waals surface area contributed by atoms with Crippen LogP contribution in [0, 0.1) is 6.92 Å². The molecular weight excluding hydrogens is 316 g/mol. The topological polar surface area (TPSA) is 88.5 Å². The number of hydrogen-bond acceptors (Lipinski definition) is 4. The predicted molar refractivity (Wildman–Crippen MR) is 95.2 cm³/mol. The number of aryl methyl sites for hydroxylation is 2. The first kappa shape index (κ1) is 15.1. The van der Waals surface area contributed by atoms with E-state index in [4.69, 9.17) is 0 Å². The quantitative estimate of drug-likeness (QED) is 0.604. The minimum Gasteiger partial charge on any atom is -0.354 e. The highest BCUT2D eigenvalue weighted by Gasteiger charge is 2.14. The van der Waals surface area contributed by atoms with Gasteiger partial charge in [0.2, 0.25) is 0 Å². The van der Waals surface area contributed by atoms with Crippen molar-refractivity contribution in [3.05, 3.63) is 60.3 Å². The molecule has 25 heavy (non-hydrogen) atoms. The van der Waals surface area contributed by atoms with Gasteiger partial charge in [0.05, 0.1) is 5.52 Å². The van der Waals surface area contributed by atoms with E-state index in [0.717, 1.165) is 27.7 Å². The monoisotopic (exact) mass is 332 g/mol. The summed E-state index contributed by atoms with van der Waals surface area (Å²) in [5.41, 5.74) is 4.13. The molecular formula is C18H16N6O. The van der Waals surface area contributed by atoms with Crippen LogP contribution in [0.2, 0.25) is 0 Å². The third kappa shape index (κ3) is 2.87. The van der Waals surface area contributed by atoms with Gasteiger partial charge in [0.1, 0.15) is 5.82 Å². The van der Waals surface area contributed by atoms with Crippen molar-refractivity contribution in [2.24, 2.45) is 7.05 Å². The number of carbonyl (C=O) groups excluding carboxylic acids is 1. The third-order valence-electron chi connectivity index (χ3n) is 3.96. The van der Waals surface area contributed by atoms with E-state index < -0.39 is 0 Å². The zero-order chi connectivity index (χ0) is 17.4. The predicted octanol–water partition coefficient (Wildman–Crippen LogP) is 2.92. The highest BCUT2D eigenvalue weighted by Crippen LogP contribution is 2.24. The lowest BCUT2D eigenvalue weighted by molar-refractivity contribution is 0.102. The molecule has 4 rings (SSSR count). The van der Waals surface area contributed by atoms with Gasteiger partial charge in [-0.05, 0) is 25.1 Å². The number of amides is 1. The summed E-state index contributed by atoms with van der Waals surface area (Å²) in [7, 11) is 1.79. The third-order valence-corrected chi connectivity index (χ3v) is 3.96. The maximum Gasteiger partial charge on any atom is 0.277 e. The number of nitrogens with one attached hydrogen (secondary N) is 2. The molecule has 0 radical (unpaired) electrons. The molecule has 2 N–H and O–H groups in total. The average molecular weight is 332 g/mol. The summed E-state index contributed by atoms with van der Waals surface area (Å²) in [6.07, 6.45) is 7.04. The molecule has 0 saturated carbocycles. The SMILES string of the molecule is Cc1cn(C)nc1C(=O)Nc1cc2[nH]c(-c3ccncc3)cc2cn1.